The fourth-order valence-corrected chi connectivity index (χ4v) is 6.09. The molecule has 1 aromatic heterocycles. The van der Waals surface area contributed by atoms with Crippen molar-refractivity contribution in [1.82, 2.24) is 14.9 Å². The Morgan fingerprint density at radius 2 is 1.70 bits per heavy atom. The van der Waals surface area contributed by atoms with Gasteiger partial charge < -0.3 is 19.9 Å². The van der Waals surface area contributed by atoms with Crippen LogP contribution < -0.4 is 5.32 Å². The van der Waals surface area contributed by atoms with E-state index in [4.69, 9.17) is 9.47 Å². The summed E-state index contributed by atoms with van der Waals surface area (Å²) in [7, 11) is 0. The van der Waals surface area contributed by atoms with Gasteiger partial charge in [-0.1, -0.05) is 67.4 Å². The summed E-state index contributed by atoms with van der Waals surface area (Å²) in [4.78, 5) is 24.2. The molecule has 1 amide bonds. The Labute approximate surface area is 252 Å². The number of amides is 1. The topological polar surface area (TPSA) is 96.8 Å². The first-order valence-electron chi connectivity index (χ1n) is 15.1. The minimum Gasteiger partial charge on any atom is -0.392 e. The maximum absolute atomic E-state index is 12.9. The van der Waals surface area contributed by atoms with Gasteiger partial charge in [-0.05, 0) is 48.2 Å². The predicted octanol–water partition coefficient (Wildman–Crippen LogP) is 6.35. The molecule has 1 aliphatic heterocycles. The van der Waals surface area contributed by atoms with Gasteiger partial charge in [0.2, 0.25) is 0 Å². The molecule has 222 valence electrons. The summed E-state index contributed by atoms with van der Waals surface area (Å²) in [5.74, 6) is -0.322. The quantitative estimate of drug-likeness (QED) is 0.212. The number of aliphatic hydroxyl groups excluding tert-OH is 1. The van der Waals surface area contributed by atoms with Gasteiger partial charge in [0.1, 0.15) is 5.69 Å². The number of hydrogen-bond donors (Lipinski definition) is 2. The first kappa shape index (κ1) is 29.1. The SMILES string of the molecule is C=CCN(C[C@@H]1C[C@H](c2ccc(CO)cc2)O[C@H](c2ccc(NC(=O)c3cnc4ccccc4n3)cc2)O1)C1CCCC1. The van der Waals surface area contributed by atoms with E-state index in [0.717, 1.165) is 41.7 Å². The fraction of sp³-hybridized carbons (Fsp3) is 0.343. The highest BCUT2D eigenvalue weighted by molar-refractivity contribution is 6.03. The van der Waals surface area contributed by atoms with E-state index in [-0.39, 0.29) is 30.4 Å². The zero-order valence-electron chi connectivity index (χ0n) is 24.3. The molecule has 2 fully saturated rings. The third kappa shape index (κ3) is 7.00. The van der Waals surface area contributed by atoms with Gasteiger partial charge in [0.05, 0.1) is 36.0 Å². The van der Waals surface area contributed by atoms with Crippen molar-refractivity contribution >= 4 is 22.6 Å². The monoisotopic (exact) mass is 578 g/mol. The number of aliphatic hydroxyl groups is 1. The standard InChI is InChI=1S/C35H38N4O4/c1-2-19-39(28-7-3-4-8-28)22-29-20-33(25-13-11-24(23-40)12-14-25)43-35(42-29)26-15-17-27(18-16-26)37-34(41)32-21-36-30-9-5-6-10-31(30)38-32/h2,5-6,9-18,21,28-29,33,35,40H,1,3-4,7-8,19-20,22-23H2,(H,37,41)/t29-,33+,35+/m0/s1. The number of ether oxygens (including phenoxy) is 2. The van der Waals surface area contributed by atoms with E-state index >= 15 is 0 Å². The van der Waals surface area contributed by atoms with Crippen molar-refractivity contribution in [1.29, 1.82) is 0 Å². The number of benzene rings is 3. The van der Waals surface area contributed by atoms with Crippen LogP contribution in [-0.4, -0.2) is 51.1 Å². The highest BCUT2D eigenvalue weighted by atomic mass is 16.7. The molecule has 1 saturated heterocycles. The number of aromatic nitrogens is 2. The Hall–Kier alpha value is -3.95. The van der Waals surface area contributed by atoms with Gasteiger partial charge >= 0.3 is 0 Å². The van der Waals surface area contributed by atoms with Crippen LogP contribution in [0.4, 0.5) is 5.69 Å². The number of anilines is 1. The molecule has 0 radical (unpaired) electrons. The smallest absolute Gasteiger partial charge is 0.275 e. The lowest BCUT2D eigenvalue weighted by molar-refractivity contribution is -0.253. The fourth-order valence-electron chi connectivity index (χ4n) is 6.09. The highest BCUT2D eigenvalue weighted by Crippen LogP contribution is 2.39. The van der Waals surface area contributed by atoms with E-state index in [9.17, 15) is 9.90 Å². The van der Waals surface area contributed by atoms with Crippen molar-refractivity contribution in [3.05, 3.63) is 114 Å². The Bertz CT molecular complexity index is 1540. The molecule has 2 heterocycles. The molecular formula is C35H38N4O4. The predicted molar refractivity (Wildman–Crippen MR) is 166 cm³/mol. The molecule has 8 heteroatoms. The van der Waals surface area contributed by atoms with Gasteiger partial charge in [-0.2, -0.15) is 0 Å². The summed E-state index contributed by atoms with van der Waals surface area (Å²) in [5, 5.41) is 12.4. The molecule has 8 nitrogen and oxygen atoms in total. The van der Waals surface area contributed by atoms with Crippen LogP contribution in [0, 0.1) is 0 Å². The molecule has 2 aliphatic rings. The van der Waals surface area contributed by atoms with Gasteiger partial charge in [-0.25, -0.2) is 4.98 Å². The van der Waals surface area contributed by atoms with Crippen molar-refractivity contribution in [2.45, 2.75) is 63.3 Å². The van der Waals surface area contributed by atoms with Gasteiger partial charge in [0, 0.05) is 36.8 Å². The van der Waals surface area contributed by atoms with Crippen molar-refractivity contribution < 1.29 is 19.4 Å². The Kier molecular flexibility index (Phi) is 9.19. The molecule has 0 spiro atoms. The Morgan fingerprint density at radius 3 is 2.42 bits per heavy atom. The second-order valence-electron chi connectivity index (χ2n) is 11.4. The molecule has 6 rings (SSSR count). The second-order valence-corrected chi connectivity index (χ2v) is 11.4. The number of carbonyl (C=O) groups is 1. The first-order valence-corrected chi connectivity index (χ1v) is 15.1. The second kappa shape index (κ2) is 13.6. The molecule has 1 saturated carbocycles. The van der Waals surface area contributed by atoms with Gasteiger partial charge in [0.25, 0.3) is 5.91 Å². The van der Waals surface area contributed by atoms with E-state index in [1.165, 1.54) is 31.9 Å². The van der Waals surface area contributed by atoms with Crippen molar-refractivity contribution in [3.8, 4) is 0 Å². The third-order valence-corrected chi connectivity index (χ3v) is 8.38. The average Bonchev–Trinajstić information content (AvgIpc) is 3.60. The third-order valence-electron chi connectivity index (χ3n) is 8.38. The molecule has 0 unspecified atom stereocenters. The number of carbonyl (C=O) groups excluding carboxylic acids is 1. The van der Waals surface area contributed by atoms with Crippen LogP contribution in [0.2, 0.25) is 0 Å². The van der Waals surface area contributed by atoms with Crippen LogP contribution in [0.25, 0.3) is 11.0 Å². The van der Waals surface area contributed by atoms with E-state index < -0.39 is 6.29 Å². The number of rotatable bonds is 10. The minimum absolute atomic E-state index is 0.00833. The molecular weight excluding hydrogens is 540 g/mol. The molecule has 2 N–H and O–H groups in total. The van der Waals surface area contributed by atoms with Crippen LogP contribution in [0.5, 0.6) is 0 Å². The van der Waals surface area contributed by atoms with Crippen molar-refractivity contribution in [2.75, 3.05) is 18.4 Å². The lowest BCUT2D eigenvalue weighted by atomic mass is 9.99. The average molecular weight is 579 g/mol. The number of hydrogen-bond acceptors (Lipinski definition) is 7. The first-order chi connectivity index (χ1) is 21.1. The number of nitrogens with zero attached hydrogens (tertiary/aromatic N) is 3. The van der Waals surface area contributed by atoms with Crippen LogP contribution in [0.3, 0.4) is 0 Å². The van der Waals surface area contributed by atoms with Crippen LogP contribution in [-0.2, 0) is 16.1 Å². The van der Waals surface area contributed by atoms with E-state index in [1.807, 2.05) is 78.9 Å². The molecule has 0 bridgehead atoms. The van der Waals surface area contributed by atoms with Crippen LogP contribution >= 0.6 is 0 Å². The molecule has 4 aromatic rings. The minimum atomic E-state index is -0.563. The summed E-state index contributed by atoms with van der Waals surface area (Å²) < 4.78 is 13.1. The van der Waals surface area contributed by atoms with Gasteiger partial charge in [0.15, 0.2) is 6.29 Å². The van der Waals surface area contributed by atoms with E-state index in [2.05, 4.69) is 26.8 Å². The number of nitrogens with one attached hydrogen (secondary N) is 1. The van der Waals surface area contributed by atoms with Gasteiger partial charge in [-0.15, -0.1) is 6.58 Å². The normalized spacial score (nSPS) is 20.8. The van der Waals surface area contributed by atoms with E-state index in [1.54, 1.807) is 0 Å². The lowest BCUT2D eigenvalue weighted by Crippen LogP contribution is -2.43. The maximum atomic E-state index is 12.9. The molecule has 3 aromatic carbocycles. The highest BCUT2D eigenvalue weighted by Gasteiger charge is 2.34. The summed E-state index contributed by atoms with van der Waals surface area (Å²) in [6.45, 7) is 5.65. The summed E-state index contributed by atoms with van der Waals surface area (Å²) in [5.41, 5.74) is 5.12. The Morgan fingerprint density at radius 1 is 0.977 bits per heavy atom. The van der Waals surface area contributed by atoms with Gasteiger partial charge in [-0.3, -0.25) is 14.7 Å². The van der Waals surface area contributed by atoms with Crippen LogP contribution in [0.15, 0.2) is 91.6 Å². The molecule has 3 atom stereocenters. The van der Waals surface area contributed by atoms with Crippen molar-refractivity contribution in [2.24, 2.45) is 0 Å². The molecule has 1 aliphatic carbocycles. The maximum Gasteiger partial charge on any atom is 0.275 e. The van der Waals surface area contributed by atoms with E-state index in [0.29, 0.717) is 17.2 Å². The van der Waals surface area contributed by atoms with Crippen molar-refractivity contribution in [3.63, 3.8) is 0 Å². The number of fused-ring (bicyclic) bond motifs is 1. The Balaban J connectivity index is 1.18. The largest absolute Gasteiger partial charge is 0.392 e. The van der Waals surface area contributed by atoms with Crippen LogP contribution in [0.1, 0.15) is 71.7 Å². The zero-order valence-corrected chi connectivity index (χ0v) is 24.3. The summed E-state index contributed by atoms with van der Waals surface area (Å²) in [6.07, 6.45) is 8.42. The zero-order chi connectivity index (χ0) is 29.6. The number of para-hydroxylation sites is 2. The summed E-state index contributed by atoms with van der Waals surface area (Å²) >= 11 is 0. The summed E-state index contributed by atoms with van der Waals surface area (Å²) in [6, 6.07) is 23.5. The molecule has 43 heavy (non-hydrogen) atoms. The lowest BCUT2D eigenvalue weighted by Gasteiger charge is -2.39.